The van der Waals surface area contributed by atoms with Crippen LogP contribution < -0.4 is 20.1 Å². The molecular weight excluding hydrogens is 612 g/mol. The molecule has 0 aromatic heterocycles. The van der Waals surface area contributed by atoms with Crippen LogP contribution in [-0.2, 0) is 30.7 Å². The van der Waals surface area contributed by atoms with Crippen LogP contribution in [0, 0.1) is 0 Å². The number of ether oxygens (including phenoxy) is 3. The average Bonchev–Trinajstić information content (AvgIpc) is 3.43. The van der Waals surface area contributed by atoms with Crippen LogP contribution in [0.2, 0.25) is 0 Å². The number of rotatable bonds is 15. The number of aliphatic imine (C=N–C) groups is 1. The number of anilines is 1. The first-order valence-corrected chi connectivity index (χ1v) is 16.6. The van der Waals surface area contributed by atoms with E-state index in [1.165, 1.54) is 4.90 Å². The number of esters is 1. The second kappa shape index (κ2) is 16.0. The quantitative estimate of drug-likeness (QED) is 0.141. The third-order valence-corrected chi connectivity index (χ3v) is 8.52. The molecule has 12 nitrogen and oxygen atoms in total. The molecule has 0 saturated carbocycles. The van der Waals surface area contributed by atoms with Crippen molar-refractivity contribution in [3.8, 4) is 5.75 Å². The highest BCUT2D eigenvalue weighted by molar-refractivity contribution is 7.89. The number of carbonyl (C=O) groups is 3. The summed E-state index contributed by atoms with van der Waals surface area (Å²) in [7, 11) is -3.65. The number of cyclic esters (lactones) is 1. The maximum Gasteiger partial charge on any atom is 0.414 e. The number of hydrogen-bond donors (Lipinski definition) is 2. The summed E-state index contributed by atoms with van der Waals surface area (Å²) in [4.78, 5) is 42.8. The van der Waals surface area contributed by atoms with Gasteiger partial charge in [0.15, 0.2) is 6.10 Å². The predicted molar refractivity (Wildman–Crippen MR) is 173 cm³/mol. The lowest BCUT2D eigenvalue weighted by Crippen LogP contribution is -2.44. The summed E-state index contributed by atoms with van der Waals surface area (Å²) in [5.41, 5.74) is 8.30. The van der Waals surface area contributed by atoms with E-state index in [1.54, 1.807) is 85.8 Å². The van der Waals surface area contributed by atoms with Gasteiger partial charge >= 0.3 is 12.1 Å². The number of nitrogens with zero attached hydrogens (tertiary/aromatic N) is 2. The van der Waals surface area contributed by atoms with Gasteiger partial charge < -0.3 is 19.9 Å². The second-order valence-corrected chi connectivity index (χ2v) is 12.5. The van der Waals surface area contributed by atoms with Crippen LogP contribution in [0.1, 0.15) is 48.2 Å². The van der Waals surface area contributed by atoms with Crippen LogP contribution in [0.5, 0.6) is 5.75 Å². The summed E-state index contributed by atoms with van der Waals surface area (Å²) in [6.07, 6.45) is 0.250. The van der Waals surface area contributed by atoms with Crippen molar-refractivity contribution in [1.29, 1.82) is 0 Å². The van der Waals surface area contributed by atoms with Crippen molar-refractivity contribution in [3.63, 3.8) is 0 Å². The molecule has 0 radical (unpaired) electrons. The molecule has 1 saturated heterocycles. The smallest absolute Gasteiger partial charge is 0.414 e. The maximum atomic E-state index is 12.6. The van der Waals surface area contributed by atoms with Gasteiger partial charge in [-0.25, -0.2) is 17.9 Å². The van der Waals surface area contributed by atoms with Gasteiger partial charge in [-0.1, -0.05) is 43.7 Å². The van der Waals surface area contributed by atoms with E-state index in [9.17, 15) is 22.8 Å². The number of sulfonamides is 1. The molecule has 3 aromatic rings. The standard InChI is InChI=1S/C33H38N4O8S/c1-3-5-19-46(41,42)36-29(32(39)43-4-2)20-23-11-17-27(18-12-23)44-22-28-21-37(33(40)45-28)26-15-13-24(14-16-26)30(34)35-31(38)25-9-7-6-8-10-25/h6-18,28-29,36H,3-5,19-22H2,1-2H3,(H2,34,35,38). The second-order valence-electron chi connectivity index (χ2n) is 10.6. The van der Waals surface area contributed by atoms with Crippen molar-refractivity contribution in [3.05, 3.63) is 95.6 Å². The zero-order chi connectivity index (χ0) is 33.1. The summed E-state index contributed by atoms with van der Waals surface area (Å²) in [6, 6.07) is 21.2. The molecule has 0 aliphatic carbocycles. The molecule has 1 aliphatic heterocycles. The predicted octanol–water partition coefficient (Wildman–Crippen LogP) is 3.83. The van der Waals surface area contributed by atoms with Gasteiger partial charge in [0.05, 0.1) is 18.9 Å². The van der Waals surface area contributed by atoms with Gasteiger partial charge in [0.25, 0.3) is 5.91 Å². The van der Waals surface area contributed by atoms with Crippen molar-refractivity contribution in [1.82, 2.24) is 4.72 Å². The zero-order valence-electron chi connectivity index (χ0n) is 25.8. The van der Waals surface area contributed by atoms with Gasteiger partial charge in [-0.05, 0) is 73.9 Å². The Morgan fingerprint density at radius 1 is 1.02 bits per heavy atom. The van der Waals surface area contributed by atoms with Crippen molar-refractivity contribution in [2.24, 2.45) is 10.7 Å². The van der Waals surface area contributed by atoms with Crippen LogP contribution in [-0.4, -0.2) is 69.9 Å². The summed E-state index contributed by atoms with van der Waals surface area (Å²) in [5, 5.41) is 0. The molecule has 4 rings (SSSR count). The Labute approximate surface area is 268 Å². The van der Waals surface area contributed by atoms with Gasteiger partial charge in [0, 0.05) is 16.8 Å². The zero-order valence-corrected chi connectivity index (χ0v) is 26.6. The molecule has 1 aliphatic rings. The van der Waals surface area contributed by atoms with E-state index >= 15 is 0 Å². The van der Waals surface area contributed by atoms with Crippen molar-refractivity contribution >= 4 is 39.5 Å². The lowest BCUT2D eigenvalue weighted by atomic mass is 10.1. The third-order valence-electron chi connectivity index (χ3n) is 7.05. The number of benzene rings is 3. The monoisotopic (exact) mass is 650 g/mol. The first-order valence-electron chi connectivity index (χ1n) is 15.0. The van der Waals surface area contributed by atoms with E-state index in [1.807, 2.05) is 6.92 Å². The van der Waals surface area contributed by atoms with Crippen molar-refractivity contribution in [2.45, 2.75) is 45.3 Å². The van der Waals surface area contributed by atoms with E-state index in [0.717, 1.165) is 0 Å². The fourth-order valence-electron chi connectivity index (χ4n) is 4.62. The Bertz CT molecular complexity index is 1630. The normalized spacial score (nSPS) is 15.7. The summed E-state index contributed by atoms with van der Waals surface area (Å²) < 4.78 is 43.7. The molecule has 244 valence electrons. The van der Waals surface area contributed by atoms with E-state index in [4.69, 9.17) is 19.9 Å². The minimum Gasteiger partial charge on any atom is -0.490 e. The van der Waals surface area contributed by atoms with E-state index < -0.39 is 40.1 Å². The van der Waals surface area contributed by atoms with E-state index in [-0.39, 0.29) is 37.8 Å². The number of nitrogens with one attached hydrogen (secondary N) is 1. The Kier molecular flexibility index (Phi) is 11.9. The molecule has 0 bridgehead atoms. The van der Waals surface area contributed by atoms with E-state index in [0.29, 0.717) is 41.0 Å². The van der Waals surface area contributed by atoms with Crippen molar-refractivity contribution in [2.75, 3.05) is 30.4 Å². The Morgan fingerprint density at radius 2 is 1.72 bits per heavy atom. The van der Waals surface area contributed by atoms with Gasteiger partial charge in [-0.15, -0.1) is 0 Å². The highest BCUT2D eigenvalue weighted by Crippen LogP contribution is 2.23. The summed E-state index contributed by atoms with van der Waals surface area (Å²) in [5.74, 6) is -0.583. The van der Waals surface area contributed by atoms with Gasteiger partial charge in [0.2, 0.25) is 10.0 Å². The SMILES string of the molecule is CCCCS(=O)(=O)NC(Cc1ccc(OCC2CN(c3ccc(C(N)=NC(=O)c4ccccc4)cc3)C(=O)O2)cc1)C(=O)OCC. The average molecular weight is 651 g/mol. The number of unbranched alkanes of at least 4 members (excludes halogenated alkanes) is 1. The lowest BCUT2D eigenvalue weighted by Gasteiger charge is -2.18. The maximum absolute atomic E-state index is 12.6. The molecule has 2 amide bonds. The number of amides is 2. The number of amidine groups is 1. The Hall–Kier alpha value is -4.75. The van der Waals surface area contributed by atoms with Crippen LogP contribution in [0.4, 0.5) is 10.5 Å². The molecule has 13 heteroatoms. The molecule has 3 N–H and O–H groups in total. The van der Waals surface area contributed by atoms with Gasteiger partial charge in [0.1, 0.15) is 24.2 Å². The molecule has 3 aromatic carbocycles. The molecule has 2 atom stereocenters. The number of carbonyl (C=O) groups excluding carboxylic acids is 3. The fraction of sp³-hybridized carbons (Fsp3) is 0.333. The van der Waals surface area contributed by atoms with Crippen LogP contribution in [0.3, 0.4) is 0 Å². The van der Waals surface area contributed by atoms with Crippen LogP contribution in [0.15, 0.2) is 83.9 Å². The van der Waals surface area contributed by atoms with Gasteiger partial charge in [-0.2, -0.15) is 4.99 Å². The largest absolute Gasteiger partial charge is 0.490 e. The van der Waals surface area contributed by atoms with Crippen LogP contribution >= 0.6 is 0 Å². The molecule has 1 heterocycles. The van der Waals surface area contributed by atoms with Crippen LogP contribution in [0.25, 0.3) is 0 Å². The number of hydrogen-bond acceptors (Lipinski definition) is 8. The first-order chi connectivity index (χ1) is 22.1. The topological polar surface area (TPSA) is 167 Å². The minimum atomic E-state index is -3.65. The Balaban J connectivity index is 1.31. The molecule has 2 unspecified atom stereocenters. The highest BCUT2D eigenvalue weighted by Gasteiger charge is 2.33. The molecular formula is C33H38N4O8S. The Morgan fingerprint density at radius 3 is 2.37 bits per heavy atom. The molecule has 0 spiro atoms. The number of nitrogens with two attached hydrogens (primary N) is 1. The lowest BCUT2D eigenvalue weighted by molar-refractivity contribution is -0.145. The fourth-order valence-corrected chi connectivity index (χ4v) is 6.02. The summed E-state index contributed by atoms with van der Waals surface area (Å²) in [6.45, 7) is 4.04. The molecule has 46 heavy (non-hydrogen) atoms. The minimum absolute atomic E-state index is 0.0615. The van der Waals surface area contributed by atoms with E-state index in [2.05, 4.69) is 9.71 Å². The highest BCUT2D eigenvalue weighted by atomic mass is 32.2. The van der Waals surface area contributed by atoms with Crippen molar-refractivity contribution < 1.29 is 37.0 Å². The molecule has 1 fully saturated rings. The van der Waals surface area contributed by atoms with Gasteiger partial charge in [-0.3, -0.25) is 14.5 Å². The first kappa shape index (κ1) is 34.1. The third kappa shape index (κ3) is 9.62. The summed E-state index contributed by atoms with van der Waals surface area (Å²) >= 11 is 0.